The molecular weight excluding hydrogens is 570 g/mol. The number of ether oxygens (including phenoxy) is 6. The third kappa shape index (κ3) is 8.58. The molecule has 2 aliphatic rings. The summed E-state index contributed by atoms with van der Waals surface area (Å²) < 4.78 is 38.2. The first kappa shape index (κ1) is 33.9. The fourth-order valence-electron chi connectivity index (χ4n) is 5.65. The van der Waals surface area contributed by atoms with Gasteiger partial charge >= 0.3 is 0 Å². The number of rotatable bonds is 8. The van der Waals surface area contributed by atoms with E-state index in [4.69, 9.17) is 28.4 Å². The minimum atomic E-state index is -0.782. The molecule has 1 aromatic carbocycles. The van der Waals surface area contributed by atoms with Gasteiger partial charge in [-0.2, -0.15) is 0 Å². The van der Waals surface area contributed by atoms with Crippen molar-refractivity contribution in [3.05, 3.63) is 63.8 Å². The number of para-hydroxylation sites is 1. The number of allylic oxidation sites excluding steroid dienone is 1. The summed E-state index contributed by atoms with van der Waals surface area (Å²) in [5.74, 6) is -1.00. The zero-order chi connectivity index (χ0) is 31.3. The SMILES string of the molecule is CCOC1OC(C(=O)N2CCOCCOCCOCCOCC2)=CC(c2c(C)n(C)n(-c3ccccc3)c2=O)C1CCCO. The van der Waals surface area contributed by atoms with Gasteiger partial charge in [0.05, 0.1) is 58.5 Å². The van der Waals surface area contributed by atoms with Crippen LogP contribution >= 0.6 is 0 Å². The number of hydrogen-bond acceptors (Lipinski definition) is 9. The molecule has 1 saturated heterocycles. The lowest BCUT2D eigenvalue weighted by Crippen LogP contribution is -2.43. The molecule has 0 bridgehead atoms. The Hall–Kier alpha value is -3.00. The first-order chi connectivity index (χ1) is 21.5. The average molecular weight is 618 g/mol. The topological polar surface area (TPSA) is 123 Å². The van der Waals surface area contributed by atoms with Crippen molar-refractivity contribution >= 4 is 5.91 Å². The summed E-state index contributed by atoms with van der Waals surface area (Å²) in [7, 11) is 1.85. The van der Waals surface area contributed by atoms with Crippen LogP contribution < -0.4 is 5.56 Å². The lowest BCUT2D eigenvalue weighted by molar-refractivity contribution is -0.171. The van der Waals surface area contributed by atoms with Crippen molar-refractivity contribution in [1.29, 1.82) is 0 Å². The highest BCUT2D eigenvalue weighted by atomic mass is 16.7. The summed E-state index contributed by atoms with van der Waals surface area (Å²) in [6, 6.07) is 9.45. The highest BCUT2D eigenvalue weighted by Gasteiger charge is 2.41. The Labute approximate surface area is 259 Å². The summed E-state index contributed by atoms with van der Waals surface area (Å²) in [6.45, 7) is 8.04. The van der Waals surface area contributed by atoms with E-state index >= 15 is 0 Å². The van der Waals surface area contributed by atoms with E-state index in [0.717, 1.165) is 11.4 Å². The van der Waals surface area contributed by atoms with Gasteiger partial charge in [0.1, 0.15) is 0 Å². The van der Waals surface area contributed by atoms with Crippen LogP contribution in [0, 0.1) is 12.8 Å². The fraction of sp³-hybridized carbons (Fsp3) is 0.625. The van der Waals surface area contributed by atoms with Crippen LogP contribution in [-0.2, 0) is 40.3 Å². The second-order valence-corrected chi connectivity index (χ2v) is 10.7. The zero-order valence-electron chi connectivity index (χ0n) is 26.2. The van der Waals surface area contributed by atoms with Gasteiger partial charge in [-0.05, 0) is 44.9 Å². The zero-order valence-corrected chi connectivity index (χ0v) is 26.2. The molecule has 44 heavy (non-hydrogen) atoms. The van der Waals surface area contributed by atoms with E-state index in [1.54, 1.807) is 15.7 Å². The van der Waals surface area contributed by atoms with Gasteiger partial charge in [0.25, 0.3) is 11.5 Å². The van der Waals surface area contributed by atoms with Crippen molar-refractivity contribution in [2.24, 2.45) is 13.0 Å². The predicted molar refractivity (Wildman–Crippen MR) is 163 cm³/mol. The largest absolute Gasteiger partial charge is 0.459 e. The van der Waals surface area contributed by atoms with Gasteiger partial charge in [0.2, 0.25) is 6.29 Å². The molecule has 12 heteroatoms. The molecule has 2 aromatic rings. The van der Waals surface area contributed by atoms with E-state index in [0.29, 0.717) is 91.0 Å². The molecule has 1 aromatic heterocycles. The Bertz CT molecular complexity index is 1240. The standard InChI is InChI=1S/C32H47N3O9/c1-4-43-32-26(11-8-14-36)27(29-24(2)33(3)35(31(29)38)25-9-6-5-7-10-25)23-28(44-32)30(37)34-12-15-39-17-19-41-21-22-42-20-18-40-16-13-34/h5-7,9-10,23,26-27,32,36H,4,8,11-22H2,1-3H3. The van der Waals surface area contributed by atoms with Crippen molar-refractivity contribution in [3.63, 3.8) is 0 Å². The highest BCUT2D eigenvalue weighted by molar-refractivity contribution is 5.91. The van der Waals surface area contributed by atoms with Gasteiger partial charge in [0, 0.05) is 56.4 Å². The number of amides is 1. The first-order valence-corrected chi connectivity index (χ1v) is 15.5. The maximum Gasteiger partial charge on any atom is 0.288 e. The maximum atomic E-state index is 14.1. The molecule has 4 rings (SSSR count). The Morgan fingerprint density at radius 1 is 0.955 bits per heavy atom. The molecule has 244 valence electrons. The van der Waals surface area contributed by atoms with E-state index in [1.807, 2.05) is 55.9 Å². The summed E-state index contributed by atoms with van der Waals surface area (Å²) in [6.07, 6.45) is 2.02. The monoisotopic (exact) mass is 617 g/mol. The quantitative estimate of drug-likeness (QED) is 0.475. The number of nitrogens with zero attached hydrogens (tertiary/aromatic N) is 3. The normalized spacial score (nSPS) is 22.9. The lowest BCUT2D eigenvalue weighted by atomic mass is 9.80. The summed E-state index contributed by atoms with van der Waals surface area (Å²) >= 11 is 0. The third-order valence-corrected chi connectivity index (χ3v) is 7.97. The summed E-state index contributed by atoms with van der Waals surface area (Å²) in [4.78, 5) is 29.8. The van der Waals surface area contributed by atoms with E-state index in [-0.39, 0.29) is 29.8 Å². The Balaban J connectivity index is 1.69. The second-order valence-electron chi connectivity index (χ2n) is 10.7. The van der Waals surface area contributed by atoms with Crippen LogP contribution in [0.1, 0.15) is 36.9 Å². The van der Waals surface area contributed by atoms with E-state index in [2.05, 4.69) is 0 Å². The molecular formula is C32H47N3O9. The summed E-state index contributed by atoms with van der Waals surface area (Å²) in [5.41, 5.74) is 1.92. The van der Waals surface area contributed by atoms with Crippen LogP contribution in [0.3, 0.4) is 0 Å². The van der Waals surface area contributed by atoms with Crippen molar-refractivity contribution in [1.82, 2.24) is 14.3 Å². The molecule has 1 amide bonds. The number of hydrogen-bond donors (Lipinski definition) is 1. The third-order valence-electron chi connectivity index (χ3n) is 7.97. The minimum Gasteiger partial charge on any atom is -0.459 e. The van der Waals surface area contributed by atoms with Crippen molar-refractivity contribution in [2.45, 2.75) is 38.9 Å². The Morgan fingerprint density at radius 2 is 1.55 bits per heavy atom. The van der Waals surface area contributed by atoms with Crippen LogP contribution in [0.25, 0.3) is 5.69 Å². The number of aromatic nitrogens is 2. The van der Waals surface area contributed by atoms with Crippen LogP contribution in [0.15, 0.2) is 47.0 Å². The Kier molecular flexibility index (Phi) is 13.5. The van der Waals surface area contributed by atoms with Gasteiger partial charge in [-0.15, -0.1) is 0 Å². The smallest absolute Gasteiger partial charge is 0.288 e. The molecule has 0 saturated carbocycles. The molecule has 1 N–H and O–H groups in total. The fourth-order valence-corrected chi connectivity index (χ4v) is 5.65. The number of aliphatic hydroxyl groups excluding tert-OH is 1. The minimum absolute atomic E-state index is 0.0105. The Morgan fingerprint density at radius 3 is 2.11 bits per heavy atom. The predicted octanol–water partition coefficient (Wildman–Crippen LogP) is 2.14. The molecule has 0 aliphatic carbocycles. The van der Waals surface area contributed by atoms with Gasteiger partial charge in [-0.1, -0.05) is 18.2 Å². The molecule has 3 atom stereocenters. The first-order valence-electron chi connectivity index (χ1n) is 15.5. The van der Waals surface area contributed by atoms with Crippen molar-refractivity contribution < 1.29 is 38.3 Å². The van der Waals surface area contributed by atoms with Gasteiger partial charge in [-0.25, -0.2) is 4.68 Å². The number of benzene rings is 1. The molecule has 0 radical (unpaired) electrons. The van der Waals surface area contributed by atoms with Gasteiger partial charge in [-0.3, -0.25) is 14.3 Å². The number of carbonyl (C=O) groups excluding carboxylic acids is 1. The van der Waals surface area contributed by atoms with E-state index in [1.165, 1.54) is 0 Å². The van der Waals surface area contributed by atoms with Gasteiger partial charge in [0.15, 0.2) is 5.76 Å². The van der Waals surface area contributed by atoms with E-state index in [9.17, 15) is 14.7 Å². The molecule has 3 unspecified atom stereocenters. The molecule has 3 heterocycles. The molecule has 2 aliphatic heterocycles. The van der Waals surface area contributed by atoms with Crippen molar-refractivity contribution in [3.8, 4) is 5.69 Å². The van der Waals surface area contributed by atoms with Crippen molar-refractivity contribution in [2.75, 3.05) is 79.2 Å². The van der Waals surface area contributed by atoms with Gasteiger partial charge < -0.3 is 38.4 Å². The van der Waals surface area contributed by atoms with Crippen LogP contribution in [-0.4, -0.2) is 111 Å². The number of aliphatic hydroxyl groups is 1. The maximum absolute atomic E-state index is 14.1. The van der Waals surface area contributed by atoms with Crippen LogP contribution in [0.4, 0.5) is 0 Å². The van der Waals surface area contributed by atoms with Crippen LogP contribution in [0.2, 0.25) is 0 Å². The average Bonchev–Trinajstić information content (AvgIpc) is 3.24. The highest BCUT2D eigenvalue weighted by Crippen LogP contribution is 2.40. The lowest BCUT2D eigenvalue weighted by Gasteiger charge is -2.37. The molecule has 12 nitrogen and oxygen atoms in total. The molecule has 1 fully saturated rings. The second kappa shape index (κ2) is 17.5. The number of carbonyl (C=O) groups is 1. The molecule has 0 spiro atoms. The summed E-state index contributed by atoms with van der Waals surface area (Å²) in [5, 5.41) is 9.70. The van der Waals surface area contributed by atoms with E-state index < -0.39 is 12.2 Å². The van der Waals surface area contributed by atoms with Crippen LogP contribution in [0.5, 0.6) is 0 Å².